The van der Waals surface area contributed by atoms with Crippen LogP contribution in [0.2, 0.25) is 0 Å². The monoisotopic (exact) mass is 281 g/mol. The number of carbonyl (C=O) groups is 2. The summed E-state index contributed by atoms with van der Waals surface area (Å²) in [6.45, 7) is 5.92. The molecule has 0 aromatic heterocycles. The minimum Gasteiger partial charge on any atom is -0.325 e. The van der Waals surface area contributed by atoms with Crippen LogP contribution in [0.1, 0.15) is 33.5 Å². The standard InChI is InChI=1S/C18H19NO2/c1-12-9-13(2)18(14(3)10-12)19-17(21)11-16(20)15-7-5-4-6-8-15/h4-10H,11H2,1-3H3,(H,19,21). The Hall–Kier alpha value is -2.42. The predicted octanol–water partition coefficient (Wildman–Crippen LogP) is 3.82. The van der Waals surface area contributed by atoms with E-state index in [4.69, 9.17) is 0 Å². The topological polar surface area (TPSA) is 46.2 Å². The molecule has 2 aromatic carbocycles. The van der Waals surface area contributed by atoms with Gasteiger partial charge < -0.3 is 5.32 Å². The van der Waals surface area contributed by atoms with E-state index < -0.39 is 0 Å². The van der Waals surface area contributed by atoms with Crippen LogP contribution >= 0.6 is 0 Å². The molecule has 0 fully saturated rings. The van der Waals surface area contributed by atoms with E-state index in [1.165, 1.54) is 0 Å². The fourth-order valence-corrected chi connectivity index (χ4v) is 2.43. The smallest absolute Gasteiger partial charge is 0.232 e. The summed E-state index contributed by atoms with van der Waals surface area (Å²) in [5, 5.41) is 2.85. The molecule has 0 saturated carbocycles. The number of nitrogens with one attached hydrogen (secondary N) is 1. The van der Waals surface area contributed by atoms with Gasteiger partial charge in [-0.2, -0.15) is 0 Å². The molecule has 0 atom stereocenters. The van der Waals surface area contributed by atoms with Crippen molar-refractivity contribution in [3.8, 4) is 0 Å². The summed E-state index contributed by atoms with van der Waals surface area (Å²) in [7, 11) is 0. The quantitative estimate of drug-likeness (QED) is 0.684. The van der Waals surface area contributed by atoms with Gasteiger partial charge in [-0.15, -0.1) is 0 Å². The van der Waals surface area contributed by atoms with Crippen LogP contribution in [0, 0.1) is 20.8 Å². The Balaban J connectivity index is 2.08. The van der Waals surface area contributed by atoms with Gasteiger partial charge >= 0.3 is 0 Å². The summed E-state index contributed by atoms with van der Waals surface area (Å²) in [6, 6.07) is 12.9. The zero-order chi connectivity index (χ0) is 15.4. The molecule has 0 heterocycles. The molecule has 0 spiro atoms. The number of amides is 1. The van der Waals surface area contributed by atoms with E-state index in [2.05, 4.69) is 5.32 Å². The molecule has 108 valence electrons. The minimum absolute atomic E-state index is 0.142. The first-order valence-corrected chi connectivity index (χ1v) is 6.93. The molecule has 21 heavy (non-hydrogen) atoms. The summed E-state index contributed by atoms with van der Waals surface area (Å²) in [6.07, 6.45) is -0.142. The van der Waals surface area contributed by atoms with Gasteiger partial charge in [0.1, 0.15) is 0 Å². The van der Waals surface area contributed by atoms with Crippen LogP contribution in [-0.4, -0.2) is 11.7 Å². The Bertz CT molecular complexity index is 652. The van der Waals surface area contributed by atoms with Gasteiger partial charge in [-0.1, -0.05) is 48.0 Å². The highest BCUT2D eigenvalue weighted by atomic mass is 16.2. The first-order chi connectivity index (χ1) is 9.97. The lowest BCUT2D eigenvalue weighted by Gasteiger charge is -2.12. The second kappa shape index (κ2) is 6.35. The summed E-state index contributed by atoms with van der Waals surface area (Å²) in [5.74, 6) is -0.450. The zero-order valence-corrected chi connectivity index (χ0v) is 12.6. The van der Waals surface area contributed by atoms with Crippen LogP contribution in [0.15, 0.2) is 42.5 Å². The van der Waals surface area contributed by atoms with Crippen LogP contribution in [0.3, 0.4) is 0 Å². The summed E-state index contributed by atoms with van der Waals surface area (Å²) < 4.78 is 0. The number of hydrogen-bond acceptors (Lipinski definition) is 2. The number of ketones is 1. The Morgan fingerprint density at radius 1 is 0.952 bits per heavy atom. The van der Waals surface area contributed by atoms with Crippen molar-refractivity contribution < 1.29 is 9.59 Å². The molecule has 0 aliphatic heterocycles. The average molecular weight is 281 g/mol. The van der Waals surface area contributed by atoms with E-state index in [1.807, 2.05) is 39.0 Å². The molecule has 2 aromatic rings. The number of rotatable bonds is 4. The second-order valence-corrected chi connectivity index (χ2v) is 5.29. The number of aryl methyl sites for hydroxylation is 3. The van der Waals surface area contributed by atoms with Crippen LogP contribution < -0.4 is 5.32 Å². The lowest BCUT2D eigenvalue weighted by Crippen LogP contribution is -2.18. The molecule has 0 bridgehead atoms. The van der Waals surface area contributed by atoms with Crippen LogP contribution in [-0.2, 0) is 4.79 Å². The highest BCUT2D eigenvalue weighted by Crippen LogP contribution is 2.22. The van der Waals surface area contributed by atoms with Gasteiger partial charge in [-0.05, 0) is 31.9 Å². The van der Waals surface area contributed by atoms with Gasteiger partial charge in [-0.3, -0.25) is 9.59 Å². The molecular formula is C18H19NO2. The van der Waals surface area contributed by atoms with Crippen molar-refractivity contribution in [1.82, 2.24) is 0 Å². The number of hydrogen-bond donors (Lipinski definition) is 1. The van der Waals surface area contributed by atoms with E-state index in [9.17, 15) is 9.59 Å². The van der Waals surface area contributed by atoms with Crippen LogP contribution in [0.4, 0.5) is 5.69 Å². The fraction of sp³-hybridized carbons (Fsp3) is 0.222. The van der Waals surface area contributed by atoms with Gasteiger partial charge in [0.25, 0.3) is 0 Å². The number of benzene rings is 2. The maximum atomic E-state index is 12.1. The molecule has 3 heteroatoms. The normalized spacial score (nSPS) is 10.2. The van der Waals surface area contributed by atoms with Crippen LogP contribution in [0.25, 0.3) is 0 Å². The molecule has 0 aliphatic carbocycles. The Kier molecular flexibility index (Phi) is 4.53. The fourth-order valence-electron chi connectivity index (χ4n) is 2.43. The maximum absolute atomic E-state index is 12.1. The highest BCUT2D eigenvalue weighted by Gasteiger charge is 2.13. The van der Waals surface area contributed by atoms with E-state index in [1.54, 1.807) is 24.3 Å². The van der Waals surface area contributed by atoms with Gasteiger partial charge in [0.15, 0.2) is 5.78 Å². The maximum Gasteiger partial charge on any atom is 0.232 e. The minimum atomic E-state index is -0.279. The first kappa shape index (κ1) is 15.0. The Labute approximate surface area is 125 Å². The third-order valence-corrected chi connectivity index (χ3v) is 3.36. The number of carbonyl (C=O) groups excluding carboxylic acids is 2. The van der Waals surface area contributed by atoms with Crippen molar-refractivity contribution in [1.29, 1.82) is 0 Å². The van der Waals surface area contributed by atoms with Crippen molar-refractivity contribution in [2.45, 2.75) is 27.2 Å². The van der Waals surface area contributed by atoms with Gasteiger partial charge in [-0.25, -0.2) is 0 Å². The van der Waals surface area contributed by atoms with E-state index in [0.717, 1.165) is 22.4 Å². The lowest BCUT2D eigenvalue weighted by molar-refractivity contribution is -0.115. The summed E-state index contributed by atoms with van der Waals surface area (Å²) >= 11 is 0. The van der Waals surface area contributed by atoms with Crippen molar-refractivity contribution in [3.63, 3.8) is 0 Å². The molecule has 3 nitrogen and oxygen atoms in total. The van der Waals surface area contributed by atoms with Gasteiger partial charge in [0, 0.05) is 11.3 Å². The molecule has 0 aliphatic rings. The second-order valence-electron chi connectivity index (χ2n) is 5.29. The predicted molar refractivity (Wildman–Crippen MR) is 84.7 cm³/mol. The number of anilines is 1. The lowest BCUT2D eigenvalue weighted by atomic mass is 10.0. The van der Waals surface area contributed by atoms with Crippen molar-refractivity contribution in [3.05, 3.63) is 64.7 Å². The zero-order valence-electron chi connectivity index (χ0n) is 12.6. The van der Waals surface area contributed by atoms with Gasteiger partial charge in [0.05, 0.1) is 6.42 Å². The molecular weight excluding hydrogens is 262 g/mol. The molecule has 0 unspecified atom stereocenters. The first-order valence-electron chi connectivity index (χ1n) is 6.93. The molecule has 0 saturated heterocycles. The molecule has 1 amide bonds. The molecule has 0 radical (unpaired) electrons. The van der Waals surface area contributed by atoms with Crippen molar-refractivity contribution >= 4 is 17.4 Å². The summed E-state index contributed by atoms with van der Waals surface area (Å²) in [5.41, 5.74) is 4.53. The Morgan fingerprint density at radius 2 is 1.52 bits per heavy atom. The van der Waals surface area contributed by atoms with E-state index in [-0.39, 0.29) is 18.1 Å². The molecule has 1 N–H and O–H groups in total. The average Bonchev–Trinajstić information content (AvgIpc) is 2.43. The van der Waals surface area contributed by atoms with Crippen molar-refractivity contribution in [2.75, 3.05) is 5.32 Å². The SMILES string of the molecule is Cc1cc(C)c(NC(=O)CC(=O)c2ccccc2)c(C)c1. The number of Topliss-reactive ketones (excluding diaryl/α,β-unsaturated/α-hetero) is 1. The highest BCUT2D eigenvalue weighted by molar-refractivity contribution is 6.11. The van der Waals surface area contributed by atoms with Crippen molar-refractivity contribution in [2.24, 2.45) is 0 Å². The van der Waals surface area contributed by atoms with E-state index >= 15 is 0 Å². The van der Waals surface area contributed by atoms with Crippen LogP contribution in [0.5, 0.6) is 0 Å². The Morgan fingerprint density at radius 3 is 2.10 bits per heavy atom. The summed E-state index contributed by atoms with van der Waals surface area (Å²) in [4.78, 5) is 24.1. The van der Waals surface area contributed by atoms with Gasteiger partial charge in [0.2, 0.25) is 5.91 Å². The van der Waals surface area contributed by atoms with E-state index in [0.29, 0.717) is 5.56 Å². The molecule has 2 rings (SSSR count). The third-order valence-electron chi connectivity index (χ3n) is 3.36. The largest absolute Gasteiger partial charge is 0.325 e. The third kappa shape index (κ3) is 3.78.